The molecular formula is C17H24F2N2O2. The van der Waals surface area contributed by atoms with Crippen molar-refractivity contribution in [2.45, 2.75) is 64.1 Å². The first-order chi connectivity index (χ1) is 10.7. The van der Waals surface area contributed by atoms with Crippen LogP contribution < -0.4 is 10.6 Å². The molecule has 1 aromatic carbocycles. The van der Waals surface area contributed by atoms with E-state index in [4.69, 9.17) is 4.74 Å². The summed E-state index contributed by atoms with van der Waals surface area (Å²) in [4.78, 5) is 11.7. The number of carbonyl (C=O) groups is 1. The lowest BCUT2D eigenvalue weighted by Gasteiger charge is -2.31. The van der Waals surface area contributed by atoms with Gasteiger partial charge in [0, 0.05) is 12.1 Å². The molecule has 1 fully saturated rings. The van der Waals surface area contributed by atoms with Crippen LogP contribution in [0.25, 0.3) is 0 Å². The number of ether oxygens (including phenoxy) is 1. The van der Waals surface area contributed by atoms with E-state index in [0.29, 0.717) is 0 Å². The van der Waals surface area contributed by atoms with Crippen molar-refractivity contribution in [2.75, 3.05) is 5.32 Å². The van der Waals surface area contributed by atoms with E-state index in [2.05, 4.69) is 10.6 Å². The Morgan fingerprint density at radius 2 is 1.61 bits per heavy atom. The Labute approximate surface area is 135 Å². The van der Waals surface area contributed by atoms with Crippen molar-refractivity contribution in [2.24, 2.45) is 0 Å². The molecule has 1 aliphatic rings. The van der Waals surface area contributed by atoms with Crippen LogP contribution in [0.1, 0.15) is 46.5 Å². The molecule has 1 aliphatic carbocycles. The Hall–Kier alpha value is -1.85. The van der Waals surface area contributed by atoms with Gasteiger partial charge in [-0.25, -0.2) is 13.6 Å². The van der Waals surface area contributed by atoms with Gasteiger partial charge in [0.25, 0.3) is 0 Å². The zero-order valence-electron chi connectivity index (χ0n) is 13.8. The van der Waals surface area contributed by atoms with Gasteiger partial charge in [0.2, 0.25) is 0 Å². The first-order valence-corrected chi connectivity index (χ1v) is 7.94. The molecule has 1 saturated carbocycles. The molecule has 2 rings (SSSR count). The predicted octanol–water partition coefficient (Wildman–Crippen LogP) is 4.21. The Morgan fingerprint density at radius 3 is 2.13 bits per heavy atom. The Morgan fingerprint density at radius 1 is 1.09 bits per heavy atom. The van der Waals surface area contributed by atoms with Crippen LogP contribution in [-0.2, 0) is 4.74 Å². The fourth-order valence-corrected chi connectivity index (χ4v) is 2.70. The predicted molar refractivity (Wildman–Crippen MR) is 85.4 cm³/mol. The number of hydrogen-bond donors (Lipinski definition) is 2. The quantitative estimate of drug-likeness (QED) is 0.875. The summed E-state index contributed by atoms with van der Waals surface area (Å²) in [7, 11) is 0. The Balaban J connectivity index is 1.81. The maximum absolute atomic E-state index is 13.6. The summed E-state index contributed by atoms with van der Waals surface area (Å²) in [5, 5.41) is 5.78. The molecule has 128 valence electrons. The van der Waals surface area contributed by atoms with Crippen LogP contribution in [0.3, 0.4) is 0 Å². The molecule has 0 atom stereocenters. The van der Waals surface area contributed by atoms with Gasteiger partial charge in [-0.05, 0) is 58.6 Å². The highest BCUT2D eigenvalue weighted by atomic mass is 19.1. The third kappa shape index (κ3) is 5.37. The summed E-state index contributed by atoms with van der Waals surface area (Å²) in [6, 6.07) is 3.85. The fourth-order valence-electron chi connectivity index (χ4n) is 2.70. The highest BCUT2D eigenvalue weighted by Gasteiger charge is 2.25. The number of anilines is 1. The zero-order valence-corrected chi connectivity index (χ0v) is 13.8. The van der Waals surface area contributed by atoms with Crippen LogP contribution in [0.2, 0.25) is 0 Å². The number of rotatable bonds is 3. The van der Waals surface area contributed by atoms with E-state index in [1.165, 1.54) is 18.2 Å². The molecule has 23 heavy (non-hydrogen) atoms. The van der Waals surface area contributed by atoms with E-state index >= 15 is 0 Å². The van der Waals surface area contributed by atoms with Crippen molar-refractivity contribution in [3.63, 3.8) is 0 Å². The molecule has 4 nitrogen and oxygen atoms in total. The molecule has 0 saturated heterocycles. The number of alkyl carbamates (subject to hydrolysis) is 1. The number of para-hydroxylation sites is 1. The van der Waals surface area contributed by atoms with E-state index in [-0.39, 0.29) is 17.8 Å². The van der Waals surface area contributed by atoms with Gasteiger partial charge >= 0.3 is 6.09 Å². The molecule has 2 N–H and O–H groups in total. The SMILES string of the molecule is CC(C)(C)OC(=O)NC1CCC(Nc2c(F)cccc2F)CC1. The summed E-state index contributed by atoms with van der Waals surface area (Å²) < 4.78 is 32.5. The molecule has 0 bridgehead atoms. The van der Waals surface area contributed by atoms with Gasteiger partial charge in [-0.1, -0.05) is 6.07 Å². The third-order valence-electron chi connectivity index (χ3n) is 3.76. The lowest BCUT2D eigenvalue weighted by molar-refractivity contribution is 0.0492. The van der Waals surface area contributed by atoms with E-state index < -0.39 is 23.3 Å². The molecule has 0 radical (unpaired) electrons. The Bertz CT molecular complexity index is 530. The van der Waals surface area contributed by atoms with Gasteiger partial charge in [0.05, 0.1) is 0 Å². The molecule has 0 aliphatic heterocycles. The third-order valence-corrected chi connectivity index (χ3v) is 3.76. The van der Waals surface area contributed by atoms with Crippen LogP contribution in [0.15, 0.2) is 18.2 Å². The number of hydrogen-bond acceptors (Lipinski definition) is 3. The van der Waals surface area contributed by atoms with Crippen LogP contribution in [-0.4, -0.2) is 23.8 Å². The number of amides is 1. The van der Waals surface area contributed by atoms with Crippen LogP contribution >= 0.6 is 0 Å². The molecule has 6 heteroatoms. The normalized spacial score (nSPS) is 21.6. The van der Waals surface area contributed by atoms with Crippen molar-refractivity contribution in [3.05, 3.63) is 29.8 Å². The van der Waals surface area contributed by atoms with Crippen molar-refractivity contribution in [3.8, 4) is 0 Å². The number of benzene rings is 1. The van der Waals surface area contributed by atoms with Crippen LogP contribution in [0.5, 0.6) is 0 Å². The summed E-state index contributed by atoms with van der Waals surface area (Å²) in [6.45, 7) is 5.45. The van der Waals surface area contributed by atoms with Crippen molar-refractivity contribution in [1.82, 2.24) is 5.32 Å². The van der Waals surface area contributed by atoms with Gasteiger partial charge in [0.15, 0.2) is 0 Å². The highest BCUT2D eigenvalue weighted by molar-refractivity contribution is 5.68. The van der Waals surface area contributed by atoms with Crippen molar-refractivity contribution < 1.29 is 18.3 Å². The topological polar surface area (TPSA) is 50.4 Å². The van der Waals surface area contributed by atoms with E-state index in [1.54, 1.807) is 0 Å². The maximum Gasteiger partial charge on any atom is 0.407 e. The van der Waals surface area contributed by atoms with E-state index in [9.17, 15) is 13.6 Å². The standard InChI is InChI=1S/C17H24F2N2O2/c1-17(2,3)23-16(22)21-12-9-7-11(8-10-12)20-15-13(18)5-4-6-14(15)19/h4-6,11-12,20H,7-10H2,1-3H3,(H,21,22). The summed E-state index contributed by atoms with van der Waals surface area (Å²) in [6.07, 6.45) is 2.52. The van der Waals surface area contributed by atoms with Gasteiger partial charge in [0.1, 0.15) is 22.9 Å². The van der Waals surface area contributed by atoms with Crippen molar-refractivity contribution in [1.29, 1.82) is 0 Å². The minimum absolute atomic E-state index is 0.00177. The molecule has 1 aromatic rings. The molecule has 1 amide bonds. The lowest BCUT2D eigenvalue weighted by Crippen LogP contribution is -2.42. The highest BCUT2D eigenvalue weighted by Crippen LogP contribution is 2.25. The first-order valence-electron chi connectivity index (χ1n) is 7.94. The summed E-state index contributed by atoms with van der Waals surface area (Å²) >= 11 is 0. The van der Waals surface area contributed by atoms with Crippen LogP contribution in [0.4, 0.5) is 19.3 Å². The monoisotopic (exact) mass is 326 g/mol. The maximum atomic E-state index is 13.6. The molecule has 0 spiro atoms. The minimum Gasteiger partial charge on any atom is -0.444 e. The second-order valence-electron chi connectivity index (χ2n) is 6.94. The van der Waals surface area contributed by atoms with Gasteiger partial charge in [-0.2, -0.15) is 0 Å². The Kier molecular flexibility index (Phi) is 5.44. The number of halogens is 2. The molecule has 0 heterocycles. The average molecular weight is 326 g/mol. The summed E-state index contributed by atoms with van der Waals surface area (Å²) in [5.74, 6) is -1.17. The largest absolute Gasteiger partial charge is 0.444 e. The van der Waals surface area contributed by atoms with Crippen molar-refractivity contribution >= 4 is 11.8 Å². The number of carbonyl (C=O) groups excluding carboxylic acids is 1. The molecule has 0 unspecified atom stereocenters. The van der Waals surface area contributed by atoms with Gasteiger partial charge in [-0.15, -0.1) is 0 Å². The summed E-state index contributed by atoms with van der Waals surface area (Å²) in [5.41, 5.74) is -0.596. The second-order valence-corrected chi connectivity index (χ2v) is 6.94. The lowest BCUT2D eigenvalue weighted by atomic mass is 9.91. The van der Waals surface area contributed by atoms with Gasteiger partial charge < -0.3 is 15.4 Å². The minimum atomic E-state index is -0.584. The first kappa shape index (κ1) is 17.5. The molecular weight excluding hydrogens is 302 g/mol. The fraction of sp³-hybridized carbons (Fsp3) is 0.588. The van der Waals surface area contributed by atoms with E-state index in [0.717, 1.165) is 25.7 Å². The number of nitrogens with one attached hydrogen (secondary N) is 2. The zero-order chi connectivity index (χ0) is 17.0. The van der Waals surface area contributed by atoms with Crippen LogP contribution in [0, 0.1) is 11.6 Å². The second kappa shape index (κ2) is 7.15. The average Bonchev–Trinajstić information content (AvgIpc) is 2.43. The van der Waals surface area contributed by atoms with E-state index in [1.807, 2.05) is 20.8 Å². The smallest absolute Gasteiger partial charge is 0.407 e. The van der Waals surface area contributed by atoms with Gasteiger partial charge in [-0.3, -0.25) is 0 Å². The molecule has 0 aromatic heterocycles.